The number of likely N-dealkylation sites (tertiary alicyclic amines) is 1. The van der Waals surface area contributed by atoms with Crippen molar-refractivity contribution in [3.63, 3.8) is 0 Å². The molecule has 0 bridgehead atoms. The summed E-state index contributed by atoms with van der Waals surface area (Å²) in [5, 5.41) is 14.3. The first-order valence-electron chi connectivity index (χ1n) is 7.49. The number of aliphatic hydroxyl groups excluding tert-OH is 1. The van der Waals surface area contributed by atoms with Crippen LogP contribution in [0.5, 0.6) is 0 Å². The van der Waals surface area contributed by atoms with E-state index in [1.807, 2.05) is 11.8 Å². The Morgan fingerprint density at radius 3 is 2.48 bits per heavy atom. The van der Waals surface area contributed by atoms with E-state index in [-0.39, 0.29) is 17.9 Å². The fraction of sp³-hybridized carbons (Fsp3) is 0.733. The molecule has 6 heteroatoms. The molecule has 2 rings (SSSR count). The molecule has 1 aromatic heterocycles. The van der Waals surface area contributed by atoms with E-state index >= 15 is 0 Å². The molecule has 1 N–H and O–H groups in total. The second-order valence-electron chi connectivity index (χ2n) is 6.05. The van der Waals surface area contributed by atoms with E-state index in [0.29, 0.717) is 24.7 Å². The summed E-state index contributed by atoms with van der Waals surface area (Å²) in [6.07, 6.45) is 2.99. The summed E-state index contributed by atoms with van der Waals surface area (Å²) in [5.74, 6) is 0.0932. The highest BCUT2D eigenvalue weighted by atomic mass is 35.5. The minimum atomic E-state index is -0.00135. The average Bonchev–Trinajstić information content (AvgIpc) is 2.73. The Labute approximate surface area is 130 Å². The highest BCUT2D eigenvalue weighted by molar-refractivity contribution is 6.30. The molecule has 1 amide bonds. The van der Waals surface area contributed by atoms with Crippen LogP contribution < -0.4 is 0 Å². The third-order valence-corrected chi connectivity index (χ3v) is 5.33. The van der Waals surface area contributed by atoms with Crippen molar-refractivity contribution in [2.45, 2.75) is 39.5 Å². The van der Waals surface area contributed by atoms with E-state index in [1.165, 1.54) is 0 Å². The van der Waals surface area contributed by atoms with E-state index in [9.17, 15) is 9.90 Å². The second kappa shape index (κ2) is 6.36. The third kappa shape index (κ3) is 3.24. The van der Waals surface area contributed by atoms with Crippen LogP contribution in [0.2, 0.25) is 5.15 Å². The minimum Gasteiger partial charge on any atom is -0.396 e. The molecule has 1 saturated heterocycles. The number of nitrogens with zero attached hydrogens (tertiary/aromatic N) is 3. The summed E-state index contributed by atoms with van der Waals surface area (Å²) in [4.78, 5) is 14.3. The van der Waals surface area contributed by atoms with Crippen LogP contribution in [0.25, 0.3) is 0 Å². The minimum absolute atomic E-state index is 0.00135. The molecule has 0 spiro atoms. The van der Waals surface area contributed by atoms with Crippen LogP contribution in [0.1, 0.15) is 37.4 Å². The number of aliphatic hydroxyl groups is 1. The lowest BCUT2D eigenvalue weighted by Crippen LogP contribution is -2.45. The van der Waals surface area contributed by atoms with Gasteiger partial charge in [-0.3, -0.25) is 9.48 Å². The molecular formula is C15H24ClN3O2. The number of rotatable bonds is 4. The Kier molecular flexibility index (Phi) is 4.94. The predicted molar refractivity (Wildman–Crippen MR) is 82.3 cm³/mol. The van der Waals surface area contributed by atoms with Gasteiger partial charge in [0.05, 0.1) is 12.1 Å². The van der Waals surface area contributed by atoms with Gasteiger partial charge in [0.1, 0.15) is 5.15 Å². The van der Waals surface area contributed by atoms with Crippen molar-refractivity contribution in [2.24, 2.45) is 12.5 Å². The van der Waals surface area contributed by atoms with Gasteiger partial charge in [-0.25, -0.2) is 0 Å². The standard InChI is InChI=1S/C15H24ClN3O2/c1-4-15(10-20)5-7-19(8-6-15)13(21)9-12-11(2)17-18(3)14(12)16/h20H,4-10H2,1-3H3. The molecule has 0 unspecified atom stereocenters. The first-order valence-corrected chi connectivity index (χ1v) is 7.87. The summed E-state index contributed by atoms with van der Waals surface area (Å²) in [6, 6.07) is 0. The number of carbonyl (C=O) groups excluding carboxylic acids is 1. The molecule has 0 atom stereocenters. The van der Waals surface area contributed by atoms with Gasteiger partial charge in [0.2, 0.25) is 5.91 Å². The van der Waals surface area contributed by atoms with Gasteiger partial charge < -0.3 is 10.0 Å². The number of hydrogen-bond acceptors (Lipinski definition) is 3. The zero-order chi connectivity index (χ0) is 15.6. The van der Waals surface area contributed by atoms with Gasteiger partial charge in [-0.2, -0.15) is 5.10 Å². The number of piperidine rings is 1. The fourth-order valence-corrected chi connectivity index (χ4v) is 3.23. The van der Waals surface area contributed by atoms with E-state index < -0.39 is 0 Å². The molecule has 0 radical (unpaired) electrons. The van der Waals surface area contributed by atoms with Gasteiger partial charge in [0.15, 0.2) is 0 Å². The number of aromatic nitrogens is 2. The van der Waals surface area contributed by atoms with Crippen molar-refractivity contribution in [3.05, 3.63) is 16.4 Å². The lowest BCUT2D eigenvalue weighted by atomic mass is 9.77. The highest BCUT2D eigenvalue weighted by Gasteiger charge is 2.34. The maximum absolute atomic E-state index is 12.4. The number of amides is 1. The first-order chi connectivity index (χ1) is 9.92. The van der Waals surface area contributed by atoms with Crippen LogP contribution in [0.3, 0.4) is 0 Å². The van der Waals surface area contributed by atoms with Crippen molar-refractivity contribution in [1.82, 2.24) is 14.7 Å². The largest absolute Gasteiger partial charge is 0.396 e. The van der Waals surface area contributed by atoms with E-state index in [4.69, 9.17) is 11.6 Å². The Balaban J connectivity index is 2.00. The fourth-order valence-electron chi connectivity index (χ4n) is 2.99. The monoisotopic (exact) mass is 313 g/mol. The molecule has 5 nitrogen and oxygen atoms in total. The molecule has 118 valence electrons. The van der Waals surface area contributed by atoms with Crippen molar-refractivity contribution >= 4 is 17.5 Å². The molecular weight excluding hydrogens is 290 g/mol. The van der Waals surface area contributed by atoms with Crippen molar-refractivity contribution in [3.8, 4) is 0 Å². The van der Waals surface area contributed by atoms with E-state index in [0.717, 1.165) is 30.5 Å². The molecule has 2 heterocycles. The molecule has 0 aliphatic carbocycles. The topological polar surface area (TPSA) is 58.4 Å². The lowest BCUT2D eigenvalue weighted by molar-refractivity contribution is -0.133. The van der Waals surface area contributed by atoms with Gasteiger partial charge in [-0.05, 0) is 31.6 Å². The normalized spacial score (nSPS) is 18.0. The smallest absolute Gasteiger partial charge is 0.227 e. The summed E-state index contributed by atoms with van der Waals surface area (Å²) < 4.78 is 1.60. The average molecular weight is 314 g/mol. The number of carbonyl (C=O) groups is 1. The first kappa shape index (κ1) is 16.3. The highest BCUT2D eigenvalue weighted by Crippen LogP contribution is 2.34. The van der Waals surface area contributed by atoms with Gasteiger partial charge in [-0.1, -0.05) is 18.5 Å². The van der Waals surface area contributed by atoms with Gasteiger partial charge >= 0.3 is 0 Å². The Morgan fingerprint density at radius 2 is 2.05 bits per heavy atom. The molecule has 1 aliphatic rings. The second-order valence-corrected chi connectivity index (χ2v) is 6.41. The van der Waals surface area contributed by atoms with Crippen LogP contribution in [0.15, 0.2) is 0 Å². The summed E-state index contributed by atoms with van der Waals surface area (Å²) in [6.45, 7) is 5.61. The Morgan fingerprint density at radius 1 is 1.43 bits per heavy atom. The van der Waals surface area contributed by atoms with E-state index in [1.54, 1.807) is 11.7 Å². The van der Waals surface area contributed by atoms with Crippen LogP contribution in [-0.2, 0) is 18.3 Å². The number of hydrogen-bond donors (Lipinski definition) is 1. The van der Waals surface area contributed by atoms with Crippen molar-refractivity contribution in [1.29, 1.82) is 0 Å². The van der Waals surface area contributed by atoms with Crippen molar-refractivity contribution < 1.29 is 9.90 Å². The van der Waals surface area contributed by atoms with Crippen molar-refractivity contribution in [2.75, 3.05) is 19.7 Å². The summed E-state index contributed by atoms with van der Waals surface area (Å²) in [5.41, 5.74) is 1.63. The third-order valence-electron chi connectivity index (χ3n) is 4.86. The zero-order valence-corrected chi connectivity index (χ0v) is 13.8. The molecule has 0 aromatic carbocycles. The molecule has 0 saturated carbocycles. The van der Waals surface area contributed by atoms with Gasteiger partial charge in [0.25, 0.3) is 0 Å². The quantitative estimate of drug-likeness (QED) is 0.924. The molecule has 1 aliphatic heterocycles. The molecule has 21 heavy (non-hydrogen) atoms. The lowest BCUT2D eigenvalue weighted by Gasteiger charge is -2.40. The maximum Gasteiger partial charge on any atom is 0.227 e. The summed E-state index contributed by atoms with van der Waals surface area (Å²) in [7, 11) is 1.78. The predicted octanol–water partition coefficient (Wildman–Crippen LogP) is 1.94. The zero-order valence-electron chi connectivity index (χ0n) is 13.0. The van der Waals surface area contributed by atoms with Crippen LogP contribution in [0.4, 0.5) is 0 Å². The van der Waals surface area contributed by atoms with Gasteiger partial charge in [0, 0.05) is 32.3 Å². The molecule has 1 fully saturated rings. The maximum atomic E-state index is 12.4. The SMILES string of the molecule is CCC1(CO)CCN(C(=O)Cc2c(C)nn(C)c2Cl)CC1. The van der Waals surface area contributed by atoms with Gasteiger partial charge in [-0.15, -0.1) is 0 Å². The van der Waals surface area contributed by atoms with E-state index in [2.05, 4.69) is 12.0 Å². The Bertz CT molecular complexity index is 513. The van der Waals surface area contributed by atoms with Crippen LogP contribution in [-0.4, -0.2) is 45.4 Å². The number of halogens is 1. The van der Waals surface area contributed by atoms with Crippen LogP contribution >= 0.6 is 11.6 Å². The molecule has 1 aromatic rings. The number of aryl methyl sites for hydroxylation is 2. The Hall–Kier alpha value is -1.07. The van der Waals surface area contributed by atoms with Crippen LogP contribution in [0, 0.1) is 12.3 Å². The summed E-state index contributed by atoms with van der Waals surface area (Å²) >= 11 is 6.18.